The summed E-state index contributed by atoms with van der Waals surface area (Å²) < 4.78 is 0. The third-order valence-electron chi connectivity index (χ3n) is 3.14. The van der Waals surface area contributed by atoms with E-state index in [0.717, 1.165) is 5.46 Å². The van der Waals surface area contributed by atoms with Crippen LogP contribution in [0.25, 0.3) is 16.8 Å². The van der Waals surface area contributed by atoms with Crippen LogP contribution < -0.4 is 5.46 Å². The number of hydrogen-bond acceptors (Lipinski definition) is 0. The minimum absolute atomic E-state index is 0.869. The van der Waals surface area contributed by atoms with E-state index in [2.05, 4.69) is 44.2 Å². The smallest absolute Gasteiger partial charge is 0.0932 e. The molecule has 0 fully saturated rings. The van der Waals surface area contributed by atoms with Crippen LogP contribution in [-0.2, 0) is 0 Å². The van der Waals surface area contributed by atoms with E-state index >= 15 is 0 Å². The SMILES string of the molecule is [B]c1ccc2ccc(/C=C\C)c(C)c2c1C. The molecule has 0 saturated heterocycles. The number of benzene rings is 2. The number of aryl methyl sites for hydroxylation is 2. The van der Waals surface area contributed by atoms with Gasteiger partial charge in [-0.3, -0.25) is 0 Å². The Balaban J connectivity index is 2.86. The first-order valence-corrected chi connectivity index (χ1v) is 5.56. The van der Waals surface area contributed by atoms with Crippen LogP contribution in [-0.4, -0.2) is 7.85 Å². The van der Waals surface area contributed by atoms with E-state index in [4.69, 9.17) is 7.85 Å². The van der Waals surface area contributed by atoms with Crippen molar-refractivity contribution in [2.75, 3.05) is 0 Å². The molecule has 0 aromatic heterocycles. The molecule has 0 N–H and O–H groups in total. The summed E-state index contributed by atoms with van der Waals surface area (Å²) in [6.07, 6.45) is 4.20. The highest BCUT2D eigenvalue weighted by atomic mass is 14.1. The average Bonchev–Trinajstić information content (AvgIpc) is 2.27. The van der Waals surface area contributed by atoms with Crippen LogP contribution in [0.4, 0.5) is 0 Å². The standard InChI is InChI=1S/C15H15B/c1-4-5-12-6-7-13-8-9-14(16)11(3)15(13)10(12)2/h4-9H,1-3H3/b5-4-. The molecule has 16 heavy (non-hydrogen) atoms. The highest BCUT2D eigenvalue weighted by Crippen LogP contribution is 2.24. The molecular weight excluding hydrogens is 191 g/mol. The molecular formula is C15H15B. The molecule has 0 spiro atoms. The first kappa shape index (κ1) is 11.0. The molecule has 0 nitrogen and oxygen atoms in total. The van der Waals surface area contributed by atoms with Gasteiger partial charge in [0, 0.05) is 0 Å². The van der Waals surface area contributed by atoms with Gasteiger partial charge in [-0.2, -0.15) is 0 Å². The monoisotopic (exact) mass is 206 g/mol. The first-order valence-electron chi connectivity index (χ1n) is 5.56. The van der Waals surface area contributed by atoms with Gasteiger partial charge in [-0.25, -0.2) is 0 Å². The minimum atomic E-state index is 0.869. The number of rotatable bonds is 1. The summed E-state index contributed by atoms with van der Waals surface area (Å²) in [4.78, 5) is 0. The normalized spacial score (nSPS) is 11.4. The van der Waals surface area contributed by atoms with E-state index in [1.165, 1.54) is 27.5 Å². The fourth-order valence-electron chi connectivity index (χ4n) is 2.19. The third kappa shape index (κ3) is 1.67. The zero-order valence-electron chi connectivity index (χ0n) is 10.0. The average molecular weight is 206 g/mol. The number of allylic oxidation sites excluding steroid dienone is 1. The third-order valence-corrected chi connectivity index (χ3v) is 3.14. The van der Waals surface area contributed by atoms with Crippen LogP contribution in [0, 0.1) is 13.8 Å². The molecule has 0 atom stereocenters. The van der Waals surface area contributed by atoms with Gasteiger partial charge in [0.05, 0.1) is 0 Å². The summed E-state index contributed by atoms with van der Waals surface area (Å²) in [6, 6.07) is 8.38. The van der Waals surface area contributed by atoms with Crippen molar-refractivity contribution in [3.8, 4) is 0 Å². The molecule has 0 saturated carbocycles. The molecule has 0 unspecified atom stereocenters. The van der Waals surface area contributed by atoms with Crippen molar-refractivity contribution in [3.05, 3.63) is 47.0 Å². The Hall–Kier alpha value is -1.50. The fourth-order valence-corrected chi connectivity index (χ4v) is 2.19. The summed E-state index contributed by atoms with van der Waals surface area (Å²) in [5, 5.41) is 2.55. The zero-order chi connectivity index (χ0) is 11.7. The van der Waals surface area contributed by atoms with E-state index in [0.29, 0.717) is 0 Å². The Labute approximate surface area is 98.4 Å². The van der Waals surface area contributed by atoms with E-state index in [-0.39, 0.29) is 0 Å². The van der Waals surface area contributed by atoms with E-state index in [1.807, 2.05) is 13.0 Å². The highest BCUT2D eigenvalue weighted by Gasteiger charge is 2.05. The Bertz CT molecular complexity index is 565. The Kier molecular flexibility index (Phi) is 2.87. The molecule has 2 radical (unpaired) electrons. The van der Waals surface area contributed by atoms with Crippen LogP contribution in [0.5, 0.6) is 0 Å². The van der Waals surface area contributed by atoms with Gasteiger partial charge >= 0.3 is 0 Å². The maximum atomic E-state index is 5.96. The summed E-state index contributed by atoms with van der Waals surface area (Å²) in [7, 11) is 5.96. The molecule has 0 heterocycles. The van der Waals surface area contributed by atoms with E-state index < -0.39 is 0 Å². The van der Waals surface area contributed by atoms with Gasteiger partial charge in [0.25, 0.3) is 0 Å². The topological polar surface area (TPSA) is 0 Å². The van der Waals surface area contributed by atoms with Gasteiger partial charge in [-0.15, -0.1) is 0 Å². The molecule has 78 valence electrons. The lowest BCUT2D eigenvalue weighted by Gasteiger charge is -2.11. The molecule has 2 rings (SSSR count). The maximum absolute atomic E-state index is 5.96. The lowest BCUT2D eigenvalue weighted by molar-refractivity contribution is 1.46. The summed E-state index contributed by atoms with van der Waals surface area (Å²) >= 11 is 0. The van der Waals surface area contributed by atoms with Crippen molar-refractivity contribution in [3.63, 3.8) is 0 Å². The van der Waals surface area contributed by atoms with Gasteiger partial charge in [-0.05, 0) is 42.7 Å². The van der Waals surface area contributed by atoms with Gasteiger partial charge in [-0.1, -0.05) is 47.4 Å². The minimum Gasteiger partial charge on any atom is -0.0932 e. The summed E-state index contributed by atoms with van der Waals surface area (Å²) in [5.74, 6) is 0. The molecule has 1 heteroatoms. The van der Waals surface area contributed by atoms with Crippen LogP contribution in [0.1, 0.15) is 23.6 Å². The number of hydrogen-bond donors (Lipinski definition) is 0. The van der Waals surface area contributed by atoms with Crippen LogP contribution >= 0.6 is 0 Å². The molecule has 0 aliphatic carbocycles. The van der Waals surface area contributed by atoms with Crippen molar-refractivity contribution in [2.24, 2.45) is 0 Å². The second kappa shape index (κ2) is 4.17. The lowest BCUT2D eigenvalue weighted by Crippen LogP contribution is -2.07. The molecule has 2 aromatic rings. The summed E-state index contributed by atoms with van der Waals surface area (Å²) in [6.45, 7) is 6.28. The van der Waals surface area contributed by atoms with Gasteiger partial charge in [0.15, 0.2) is 0 Å². The maximum Gasteiger partial charge on any atom is 0.114 e. The molecule has 0 aliphatic heterocycles. The molecule has 2 aromatic carbocycles. The molecule has 0 aliphatic rings. The van der Waals surface area contributed by atoms with Gasteiger partial charge in [0.1, 0.15) is 7.85 Å². The largest absolute Gasteiger partial charge is 0.114 e. The van der Waals surface area contributed by atoms with E-state index in [9.17, 15) is 0 Å². The predicted octanol–water partition coefficient (Wildman–Crippen LogP) is 3.28. The Morgan fingerprint density at radius 2 is 1.69 bits per heavy atom. The van der Waals surface area contributed by atoms with Crippen molar-refractivity contribution < 1.29 is 0 Å². The Morgan fingerprint density at radius 3 is 2.38 bits per heavy atom. The van der Waals surface area contributed by atoms with Gasteiger partial charge in [0.2, 0.25) is 0 Å². The van der Waals surface area contributed by atoms with E-state index in [1.54, 1.807) is 0 Å². The Morgan fingerprint density at radius 1 is 1.00 bits per heavy atom. The zero-order valence-corrected chi connectivity index (χ0v) is 10.0. The summed E-state index contributed by atoms with van der Waals surface area (Å²) in [5.41, 5.74) is 4.62. The van der Waals surface area contributed by atoms with Crippen molar-refractivity contribution in [1.82, 2.24) is 0 Å². The molecule has 0 amide bonds. The fraction of sp³-hybridized carbons (Fsp3) is 0.200. The van der Waals surface area contributed by atoms with Crippen molar-refractivity contribution in [1.29, 1.82) is 0 Å². The van der Waals surface area contributed by atoms with Crippen LogP contribution in [0.2, 0.25) is 0 Å². The number of fused-ring (bicyclic) bond motifs is 1. The highest BCUT2D eigenvalue weighted by molar-refractivity contribution is 6.34. The first-order chi connectivity index (χ1) is 7.65. The second-order valence-electron chi connectivity index (χ2n) is 4.16. The lowest BCUT2D eigenvalue weighted by atomic mass is 9.85. The van der Waals surface area contributed by atoms with Crippen molar-refractivity contribution in [2.45, 2.75) is 20.8 Å². The van der Waals surface area contributed by atoms with Crippen molar-refractivity contribution >= 4 is 30.2 Å². The predicted molar refractivity (Wildman–Crippen MR) is 73.5 cm³/mol. The van der Waals surface area contributed by atoms with Gasteiger partial charge < -0.3 is 0 Å². The second-order valence-corrected chi connectivity index (χ2v) is 4.16. The van der Waals surface area contributed by atoms with Crippen LogP contribution in [0.3, 0.4) is 0 Å². The van der Waals surface area contributed by atoms with Crippen LogP contribution in [0.15, 0.2) is 30.3 Å². The quantitative estimate of drug-likeness (QED) is 0.628. The molecule has 0 bridgehead atoms.